The summed E-state index contributed by atoms with van der Waals surface area (Å²) in [4.78, 5) is 30.1. The lowest BCUT2D eigenvalue weighted by Crippen LogP contribution is -2.57. The molecule has 2 aromatic rings. The molecule has 1 aromatic heterocycles. The number of amides is 1. The lowest BCUT2D eigenvalue weighted by atomic mass is 9.68. The zero-order chi connectivity index (χ0) is 28.0. The third kappa shape index (κ3) is 3.81. The van der Waals surface area contributed by atoms with E-state index in [-0.39, 0.29) is 54.1 Å². The second-order valence-electron chi connectivity index (χ2n) is 11.6. The fraction of sp³-hybridized carbons (Fsp3) is 0.556. The predicted octanol–water partition coefficient (Wildman–Crippen LogP) is 3.67. The number of hydrogen-bond donors (Lipinski definition) is 1. The van der Waals surface area contributed by atoms with Gasteiger partial charge in [-0.25, -0.2) is 22.0 Å². The lowest BCUT2D eigenvalue weighted by Gasteiger charge is -2.45. The van der Waals surface area contributed by atoms with Gasteiger partial charge in [0.1, 0.15) is 11.4 Å². The third-order valence-corrected chi connectivity index (χ3v) is 9.18. The lowest BCUT2D eigenvalue weighted by molar-refractivity contribution is -0.127. The Hall–Kier alpha value is -2.99. The molecule has 7 rings (SSSR count). The van der Waals surface area contributed by atoms with Gasteiger partial charge in [-0.1, -0.05) is 18.2 Å². The van der Waals surface area contributed by atoms with Crippen molar-refractivity contribution in [2.24, 2.45) is 17.6 Å². The number of piperidine rings is 1. The average molecular weight is 553 g/mol. The topological polar surface area (TPSA) is 80.8 Å². The van der Waals surface area contributed by atoms with E-state index in [2.05, 4.69) is 4.90 Å². The summed E-state index contributed by atoms with van der Waals surface area (Å²) in [6.07, 6.45) is -4.57. The van der Waals surface area contributed by atoms with Crippen LogP contribution < -0.4 is 16.2 Å². The van der Waals surface area contributed by atoms with Crippen molar-refractivity contribution in [2.45, 2.75) is 55.8 Å². The molecule has 1 aromatic carbocycles. The summed E-state index contributed by atoms with van der Waals surface area (Å²) in [7, 11) is 1.97. The number of ether oxygens (including phenoxy) is 1. The van der Waals surface area contributed by atoms with E-state index in [0.717, 1.165) is 19.2 Å². The minimum absolute atomic E-state index is 0.00854. The monoisotopic (exact) mass is 552 g/mol. The molecule has 2 bridgehead atoms. The Morgan fingerprint density at radius 1 is 1.15 bits per heavy atom. The summed E-state index contributed by atoms with van der Waals surface area (Å²) in [6, 6.07) is 4.04. The van der Waals surface area contributed by atoms with Crippen LogP contribution >= 0.6 is 0 Å². The molecule has 39 heavy (non-hydrogen) atoms. The van der Waals surface area contributed by atoms with Gasteiger partial charge in [-0.2, -0.15) is 0 Å². The first-order valence-corrected chi connectivity index (χ1v) is 12.9. The summed E-state index contributed by atoms with van der Waals surface area (Å²) in [5.41, 5.74) is 2.06. The minimum atomic E-state index is -3.01. The molecule has 3 saturated heterocycles. The van der Waals surface area contributed by atoms with Crippen LogP contribution in [0, 0.1) is 17.7 Å². The number of aromatic nitrogens is 1. The molecule has 210 valence electrons. The maximum atomic E-state index is 15.3. The summed E-state index contributed by atoms with van der Waals surface area (Å²) < 4.78 is 76.0. The number of halogens is 5. The van der Waals surface area contributed by atoms with E-state index in [9.17, 15) is 27.2 Å². The van der Waals surface area contributed by atoms with E-state index in [0.29, 0.717) is 0 Å². The van der Waals surface area contributed by atoms with Crippen molar-refractivity contribution in [3.05, 3.63) is 63.3 Å². The quantitative estimate of drug-likeness (QED) is 0.506. The minimum Gasteiger partial charge on any atom is -0.366 e. The SMILES string of the molecule is C[C@H](c1cccc(C(F)F)c1F)N(c1cc(=O)n(C23COC(C(F)F)(C2)C3)cc1C(N)=O)C1C2CN(C)CC21. The molecule has 3 aliphatic heterocycles. The van der Waals surface area contributed by atoms with E-state index in [1.165, 1.54) is 29.0 Å². The first kappa shape index (κ1) is 26.2. The highest BCUT2D eigenvalue weighted by Gasteiger charge is 2.68. The van der Waals surface area contributed by atoms with Gasteiger partial charge in [-0.05, 0) is 25.8 Å². The van der Waals surface area contributed by atoms with Crippen LogP contribution in [0.1, 0.15) is 53.7 Å². The Balaban J connectivity index is 1.45. The molecule has 4 heterocycles. The highest BCUT2D eigenvalue weighted by atomic mass is 19.3. The fourth-order valence-corrected chi connectivity index (χ4v) is 7.25. The Labute approximate surface area is 221 Å². The predicted molar refractivity (Wildman–Crippen MR) is 132 cm³/mol. The van der Waals surface area contributed by atoms with E-state index >= 15 is 4.39 Å². The molecule has 2 unspecified atom stereocenters. The first-order chi connectivity index (χ1) is 18.4. The van der Waals surface area contributed by atoms with Crippen LogP contribution in [0.5, 0.6) is 0 Å². The number of hydrogen-bond acceptors (Lipinski definition) is 5. The smallest absolute Gasteiger partial charge is 0.267 e. The number of nitrogens with two attached hydrogens (primary N) is 1. The zero-order valence-corrected chi connectivity index (χ0v) is 21.4. The van der Waals surface area contributed by atoms with Crippen LogP contribution in [0.2, 0.25) is 0 Å². The molecule has 12 heteroatoms. The number of pyridine rings is 1. The van der Waals surface area contributed by atoms with Gasteiger partial charge in [-0.3, -0.25) is 9.59 Å². The number of benzene rings is 1. The average Bonchev–Trinajstić information content (AvgIpc) is 3.21. The third-order valence-electron chi connectivity index (χ3n) is 9.18. The van der Waals surface area contributed by atoms with Gasteiger partial charge in [0, 0.05) is 49.8 Å². The second-order valence-corrected chi connectivity index (χ2v) is 11.6. The second kappa shape index (κ2) is 8.76. The van der Waals surface area contributed by atoms with Gasteiger partial charge < -0.3 is 24.8 Å². The van der Waals surface area contributed by atoms with Crippen LogP contribution in [0.15, 0.2) is 35.3 Å². The Morgan fingerprint density at radius 2 is 1.79 bits per heavy atom. The number of nitrogens with zero attached hydrogens (tertiary/aromatic N) is 3. The van der Waals surface area contributed by atoms with Gasteiger partial charge in [0.2, 0.25) is 0 Å². The molecule has 2 aliphatic carbocycles. The van der Waals surface area contributed by atoms with Crippen molar-refractivity contribution in [3.8, 4) is 0 Å². The number of alkyl halides is 4. The summed E-state index contributed by atoms with van der Waals surface area (Å²) in [5, 5.41) is 0. The maximum Gasteiger partial charge on any atom is 0.267 e. The number of fused-ring (bicyclic) bond motifs is 2. The molecule has 3 atom stereocenters. The van der Waals surface area contributed by atoms with Crippen molar-refractivity contribution in [3.63, 3.8) is 0 Å². The van der Waals surface area contributed by atoms with E-state index < -0.39 is 52.9 Å². The van der Waals surface area contributed by atoms with Crippen LogP contribution in [-0.2, 0) is 10.3 Å². The number of carbonyl (C=O) groups excluding carboxylic acids is 1. The standard InChI is InChI=1S/C27H29F5N4O3/c1-13(14-4-3-5-15(21(14)28)23(29)30)36(22-16-7-34(2)8-17(16)22)19-6-20(37)35(9-18(19)24(33)38)26-10-27(11-26,25(31)32)39-12-26/h3-6,9,13,16-17,22-23,25H,7-8,10-12H2,1-2H3,(H2,33,38)/t13-,16?,17?,22?,26?,27?/m1/s1. The molecule has 5 aliphatic rings. The van der Waals surface area contributed by atoms with Crippen molar-refractivity contribution in [1.82, 2.24) is 9.47 Å². The fourth-order valence-electron chi connectivity index (χ4n) is 7.25. The van der Waals surface area contributed by atoms with Crippen molar-refractivity contribution in [2.75, 3.05) is 31.6 Å². The molecular weight excluding hydrogens is 523 g/mol. The Bertz CT molecular complexity index is 1380. The number of rotatable bonds is 8. The van der Waals surface area contributed by atoms with Crippen LogP contribution in [0.3, 0.4) is 0 Å². The first-order valence-electron chi connectivity index (χ1n) is 12.9. The highest BCUT2D eigenvalue weighted by Crippen LogP contribution is 2.58. The highest BCUT2D eigenvalue weighted by molar-refractivity contribution is 5.98. The van der Waals surface area contributed by atoms with E-state index in [1.54, 1.807) is 11.8 Å². The number of carbonyl (C=O) groups is 1. The van der Waals surface area contributed by atoms with E-state index in [1.807, 2.05) is 7.05 Å². The van der Waals surface area contributed by atoms with Crippen molar-refractivity contribution >= 4 is 11.6 Å². The van der Waals surface area contributed by atoms with Crippen molar-refractivity contribution in [1.29, 1.82) is 0 Å². The molecule has 2 saturated carbocycles. The van der Waals surface area contributed by atoms with Gasteiger partial charge in [0.15, 0.2) is 0 Å². The molecular formula is C27H29F5N4O3. The number of likely N-dealkylation sites (tertiary alicyclic amines) is 1. The summed E-state index contributed by atoms with van der Waals surface area (Å²) in [5.74, 6) is -1.55. The number of anilines is 1. The van der Waals surface area contributed by atoms with Crippen LogP contribution in [0.4, 0.5) is 27.6 Å². The van der Waals surface area contributed by atoms with Crippen LogP contribution in [-0.4, -0.2) is 60.2 Å². The largest absolute Gasteiger partial charge is 0.366 e. The molecule has 7 nitrogen and oxygen atoms in total. The summed E-state index contributed by atoms with van der Waals surface area (Å²) in [6.45, 7) is 3.04. The molecule has 2 N–H and O–H groups in total. The van der Waals surface area contributed by atoms with Gasteiger partial charge in [-0.15, -0.1) is 0 Å². The van der Waals surface area contributed by atoms with Crippen LogP contribution in [0.25, 0.3) is 0 Å². The molecule has 1 amide bonds. The Kier molecular flexibility index (Phi) is 5.89. The molecule has 0 spiro atoms. The van der Waals surface area contributed by atoms with Gasteiger partial charge in [0.05, 0.1) is 35.0 Å². The molecule has 0 radical (unpaired) electrons. The summed E-state index contributed by atoms with van der Waals surface area (Å²) >= 11 is 0. The van der Waals surface area contributed by atoms with E-state index in [4.69, 9.17) is 10.5 Å². The van der Waals surface area contributed by atoms with Gasteiger partial charge in [0.25, 0.3) is 24.3 Å². The molecule has 5 fully saturated rings. The normalized spacial score (nSPS) is 31.9. The zero-order valence-electron chi connectivity index (χ0n) is 21.4. The maximum absolute atomic E-state index is 15.3. The van der Waals surface area contributed by atoms with Crippen molar-refractivity contribution < 1.29 is 31.5 Å². The Morgan fingerprint density at radius 3 is 2.36 bits per heavy atom. The van der Waals surface area contributed by atoms with Gasteiger partial charge >= 0.3 is 0 Å². The number of primary amides is 1.